The predicted octanol–water partition coefficient (Wildman–Crippen LogP) is 4.78. The average molecular weight is 407 g/mol. The monoisotopic (exact) mass is 406 g/mol. The fraction of sp³-hybridized carbons (Fsp3) is 0.423. The van der Waals surface area contributed by atoms with Crippen LogP contribution in [0.3, 0.4) is 0 Å². The molecule has 2 atom stereocenters. The van der Waals surface area contributed by atoms with Crippen LogP contribution in [0.15, 0.2) is 60.2 Å². The van der Waals surface area contributed by atoms with Gasteiger partial charge in [0.2, 0.25) is 5.91 Å². The quantitative estimate of drug-likeness (QED) is 0.689. The van der Waals surface area contributed by atoms with Gasteiger partial charge in [-0.3, -0.25) is 9.69 Å². The summed E-state index contributed by atoms with van der Waals surface area (Å²) in [5.41, 5.74) is 3.31. The highest BCUT2D eigenvalue weighted by molar-refractivity contribution is 5.77. The number of nitrogens with zero attached hydrogens (tertiary/aromatic N) is 2. The third-order valence-electron chi connectivity index (χ3n) is 6.49. The minimum atomic E-state index is -0.172. The standard InChI is InChI=1S/C26H31FN2O/c1-20(17-21-7-3-2-4-8-21)18-28-15-14-25-23(19-28)11-12-26(30)29(25)16-13-22-9-5-6-10-24(22)27/h2-10,17,23,25H,11-16,18-19H2,1H3/b20-17+/t23-,25+/m1/s1. The van der Waals surface area contributed by atoms with Crippen LogP contribution in [0.4, 0.5) is 4.39 Å². The first-order chi connectivity index (χ1) is 14.6. The van der Waals surface area contributed by atoms with Crippen molar-refractivity contribution < 1.29 is 9.18 Å². The van der Waals surface area contributed by atoms with Crippen molar-refractivity contribution in [2.45, 2.75) is 38.6 Å². The van der Waals surface area contributed by atoms with Crippen molar-refractivity contribution in [2.24, 2.45) is 5.92 Å². The van der Waals surface area contributed by atoms with Gasteiger partial charge >= 0.3 is 0 Å². The first-order valence-electron chi connectivity index (χ1n) is 11.1. The van der Waals surface area contributed by atoms with E-state index in [1.807, 2.05) is 23.1 Å². The van der Waals surface area contributed by atoms with Crippen LogP contribution in [-0.4, -0.2) is 47.9 Å². The summed E-state index contributed by atoms with van der Waals surface area (Å²) in [6, 6.07) is 17.7. The van der Waals surface area contributed by atoms with Gasteiger partial charge in [-0.2, -0.15) is 0 Å². The van der Waals surface area contributed by atoms with E-state index in [4.69, 9.17) is 0 Å². The molecule has 0 N–H and O–H groups in total. The zero-order valence-corrected chi connectivity index (χ0v) is 17.8. The van der Waals surface area contributed by atoms with Gasteiger partial charge in [0.25, 0.3) is 0 Å². The smallest absolute Gasteiger partial charge is 0.222 e. The van der Waals surface area contributed by atoms with Gasteiger partial charge in [0.1, 0.15) is 5.82 Å². The lowest BCUT2D eigenvalue weighted by molar-refractivity contribution is -0.140. The Morgan fingerprint density at radius 1 is 1.10 bits per heavy atom. The number of carbonyl (C=O) groups is 1. The zero-order chi connectivity index (χ0) is 20.9. The molecule has 2 saturated heterocycles. The van der Waals surface area contributed by atoms with Gasteiger partial charge in [-0.15, -0.1) is 0 Å². The molecule has 0 saturated carbocycles. The summed E-state index contributed by atoms with van der Waals surface area (Å²) in [5, 5.41) is 0. The van der Waals surface area contributed by atoms with E-state index < -0.39 is 0 Å². The summed E-state index contributed by atoms with van der Waals surface area (Å²) in [4.78, 5) is 17.2. The highest BCUT2D eigenvalue weighted by Gasteiger charge is 2.38. The molecule has 1 amide bonds. The molecule has 2 aromatic rings. The molecule has 0 spiro atoms. The first kappa shape index (κ1) is 20.8. The molecule has 2 fully saturated rings. The summed E-state index contributed by atoms with van der Waals surface area (Å²) < 4.78 is 14.0. The molecule has 2 aliphatic rings. The molecule has 2 aliphatic heterocycles. The molecule has 0 unspecified atom stereocenters. The summed E-state index contributed by atoms with van der Waals surface area (Å²) >= 11 is 0. The lowest BCUT2D eigenvalue weighted by Gasteiger charge is -2.47. The molecule has 4 heteroatoms. The van der Waals surface area contributed by atoms with Gasteiger partial charge in [0.15, 0.2) is 0 Å². The Bertz CT molecular complexity index is 895. The number of amides is 1. The fourth-order valence-corrected chi connectivity index (χ4v) is 5.03. The molecule has 2 aromatic carbocycles. The van der Waals surface area contributed by atoms with E-state index in [0.717, 1.165) is 32.5 Å². The van der Waals surface area contributed by atoms with Crippen molar-refractivity contribution in [3.8, 4) is 0 Å². The molecule has 0 bridgehead atoms. The Balaban J connectivity index is 1.36. The Hall–Kier alpha value is -2.46. The fourth-order valence-electron chi connectivity index (χ4n) is 5.03. The number of halogens is 1. The van der Waals surface area contributed by atoms with Crippen LogP contribution in [0.1, 0.15) is 37.3 Å². The molecule has 30 heavy (non-hydrogen) atoms. The van der Waals surface area contributed by atoms with Crippen molar-refractivity contribution in [2.75, 3.05) is 26.2 Å². The van der Waals surface area contributed by atoms with Crippen LogP contribution < -0.4 is 0 Å². The first-order valence-corrected chi connectivity index (χ1v) is 11.1. The second-order valence-electron chi connectivity index (χ2n) is 8.72. The third kappa shape index (κ3) is 4.99. The number of likely N-dealkylation sites (tertiary alicyclic amines) is 2. The molecule has 4 rings (SSSR count). The van der Waals surface area contributed by atoms with Crippen molar-refractivity contribution in [1.29, 1.82) is 0 Å². The average Bonchev–Trinajstić information content (AvgIpc) is 2.75. The number of benzene rings is 2. The minimum Gasteiger partial charge on any atom is -0.339 e. The Labute approximate surface area is 179 Å². The maximum Gasteiger partial charge on any atom is 0.222 e. The number of rotatable bonds is 6. The number of piperidine rings is 2. The summed E-state index contributed by atoms with van der Waals surface area (Å²) in [5.74, 6) is 0.580. The van der Waals surface area contributed by atoms with E-state index in [1.165, 1.54) is 17.2 Å². The predicted molar refractivity (Wildman–Crippen MR) is 119 cm³/mol. The molecular formula is C26H31FN2O. The van der Waals surface area contributed by atoms with E-state index >= 15 is 0 Å². The van der Waals surface area contributed by atoms with Gasteiger partial charge in [-0.25, -0.2) is 4.39 Å². The Kier molecular flexibility index (Phi) is 6.63. The minimum absolute atomic E-state index is 0.172. The van der Waals surface area contributed by atoms with Crippen LogP contribution in [-0.2, 0) is 11.2 Å². The Morgan fingerprint density at radius 2 is 1.87 bits per heavy atom. The molecule has 158 valence electrons. The molecule has 3 nitrogen and oxygen atoms in total. The van der Waals surface area contributed by atoms with Crippen LogP contribution in [0.25, 0.3) is 6.08 Å². The highest BCUT2D eigenvalue weighted by atomic mass is 19.1. The van der Waals surface area contributed by atoms with E-state index in [-0.39, 0.29) is 11.7 Å². The van der Waals surface area contributed by atoms with Gasteiger partial charge in [0.05, 0.1) is 0 Å². The summed E-state index contributed by atoms with van der Waals surface area (Å²) in [6.45, 7) is 5.83. The molecule has 0 aromatic heterocycles. The van der Waals surface area contributed by atoms with E-state index in [9.17, 15) is 9.18 Å². The van der Waals surface area contributed by atoms with Gasteiger partial charge in [-0.1, -0.05) is 60.2 Å². The molecule has 2 heterocycles. The molecule has 0 radical (unpaired) electrons. The topological polar surface area (TPSA) is 23.6 Å². The van der Waals surface area contributed by atoms with Crippen LogP contribution in [0, 0.1) is 11.7 Å². The van der Waals surface area contributed by atoms with Crippen LogP contribution in [0.5, 0.6) is 0 Å². The van der Waals surface area contributed by atoms with Crippen molar-refractivity contribution in [1.82, 2.24) is 9.80 Å². The largest absolute Gasteiger partial charge is 0.339 e. The van der Waals surface area contributed by atoms with Gasteiger partial charge in [-0.05, 0) is 49.3 Å². The second-order valence-corrected chi connectivity index (χ2v) is 8.72. The van der Waals surface area contributed by atoms with E-state index in [1.54, 1.807) is 6.07 Å². The van der Waals surface area contributed by atoms with Crippen molar-refractivity contribution >= 4 is 12.0 Å². The van der Waals surface area contributed by atoms with Crippen molar-refractivity contribution in [3.05, 3.63) is 77.1 Å². The summed E-state index contributed by atoms with van der Waals surface area (Å²) in [6.07, 6.45) is 5.44. The van der Waals surface area contributed by atoms with Crippen LogP contribution >= 0.6 is 0 Å². The molecule has 0 aliphatic carbocycles. The number of hydrogen-bond donors (Lipinski definition) is 0. The lowest BCUT2D eigenvalue weighted by atomic mass is 9.83. The Morgan fingerprint density at radius 3 is 2.67 bits per heavy atom. The number of carbonyl (C=O) groups excluding carboxylic acids is 1. The van der Waals surface area contributed by atoms with Gasteiger partial charge < -0.3 is 4.90 Å². The zero-order valence-electron chi connectivity index (χ0n) is 17.8. The second kappa shape index (κ2) is 9.57. The van der Waals surface area contributed by atoms with E-state index in [0.29, 0.717) is 36.9 Å². The maximum absolute atomic E-state index is 14.0. The third-order valence-corrected chi connectivity index (χ3v) is 6.49. The van der Waals surface area contributed by atoms with Crippen molar-refractivity contribution in [3.63, 3.8) is 0 Å². The van der Waals surface area contributed by atoms with Gasteiger partial charge in [0, 0.05) is 38.6 Å². The normalized spacial score (nSPS) is 22.8. The molecular weight excluding hydrogens is 375 g/mol. The van der Waals surface area contributed by atoms with E-state index in [2.05, 4.69) is 42.2 Å². The maximum atomic E-state index is 14.0. The number of hydrogen-bond acceptors (Lipinski definition) is 2. The van der Waals surface area contributed by atoms with Crippen LogP contribution in [0.2, 0.25) is 0 Å². The number of fused-ring (bicyclic) bond motifs is 1. The summed E-state index contributed by atoms with van der Waals surface area (Å²) in [7, 11) is 0. The lowest BCUT2D eigenvalue weighted by Crippen LogP contribution is -2.56. The SMILES string of the molecule is C/C(=C\c1ccccc1)CN1CC[C@H]2[C@H](CCC(=O)N2CCc2ccccc2F)C1. The highest BCUT2D eigenvalue weighted by Crippen LogP contribution is 2.32.